The number of nitrogens with one attached hydrogen (secondary N) is 2. The molecule has 7 heteroatoms. The number of nitrogens with zero attached hydrogens (tertiary/aromatic N) is 2. The molecule has 152 valence electrons. The van der Waals surface area contributed by atoms with Crippen LogP contribution >= 0.6 is 11.3 Å². The van der Waals surface area contributed by atoms with Crippen LogP contribution in [0.4, 0.5) is 5.95 Å². The number of benzene rings is 1. The first-order valence-corrected chi connectivity index (χ1v) is 11.1. The van der Waals surface area contributed by atoms with Gasteiger partial charge in [0.05, 0.1) is 11.4 Å². The third-order valence-corrected chi connectivity index (χ3v) is 6.46. The molecule has 0 bridgehead atoms. The van der Waals surface area contributed by atoms with E-state index in [9.17, 15) is 9.59 Å². The molecule has 4 rings (SSSR count). The van der Waals surface area contributed by atoms with Crippen molar-refractivity contribution in [3.8, 4) is 11.1 Å². The number of H-pyrrole nitrogens is 1. The van der Waals surface area contributed by atoms with Gasteiger partial charge in [0, 0.05) is 30.6 Å². The number of carbonyl (C=O) groups is 1. The fraction of sp³-hybridized carbons (Fsp3) is 0.409. The minimum atomic E-state index is -0.118. The van der Waals surface area contributed by atoms with Gasteiger partial charge in [-0.2, -0.15) is 0 Å². The Labute approximate surface area is 174 Å². The van der Waals surface area contributed by atoms with Crippen LogP contribution in [0.2, 0.25) is 0 Å². The van der Waals surface area contributed by atoms with E-state index in [2.05, 4.69) is 29.4 Å². The number of aromatic amines is 1. The summed E-state index contributed by atoms with van der Waals surface area (Å²) >= 11 is 1.43. The van der Waals surface area contributed by atoms with E-state index in [1.165, 1.54) is 11.3 Å². The van der Waals surface area contributed by atoms with Gasteiger partial charge < -0.3 is 10.2 Å². The summed E-state index contributed by atoms with van der Waals surface area (Å²) in [5, 5.41) is 5.00. The van der Waals surface area contributed by atoms with Crippen molar-refractivity contribution in [3.05, 3.63) is 45.6 Å². The number of hydrogen-bond acceptors (Lipinski definition) is 5. The minimum absolute atomic E-state index is 0.0744. The van der Waals surface area contributed by atoms with Crippen molar-refractivity contribution in [1.82, 2.24) is 15.3 Å². The highest BCUT2D eigenvalue weighted by molar-refractivity contribution is 7.17. The highest BCUT2D eigenvalue weighted by atomic mass is 32.1. The Kier molecular flexibility index (Phi) is 5.67. The molecule has 2 N–H and O–H groups in total. The first-order valence-electron chi connectivity index (χ1n) is 10.2. The molecule has 1 saturated heterocycles. The van der Waals surface area contributed by atoms with E-state index >= 15 is 0 Å². The molecule has 6 nitrogen and oxygen atoms in total. The van der Waals surface area contributed by atoms with Crippen molar-refractivity contribution in [3.63, 3.8) is 0 Å². The van der Waals surface area contributed by atoms with Gasteiger partial charge in [0.25, 0.3) is 5.56 Å². The summed E-state index contributed by atoms with van der Waals surface area (Å²) in [5.74, 6) is 0.578. The Hall–Kier alpha value is -2.67. The maximum absolute atomic E-state index is 12.7. The fourth-order valence-corrected chi connectivity index (χ4v) is 4.81. The number of aromatic nitrogens is 2. The van der Waals surface area contributed by atoms with Crippen molar-refractivity contribution in [2.24, 2.45) is 5.92 Å². The monoisotopic (exact) mass is 410 g/mol. The lowest BCUT2D eigenvalue weighted by Gasteiger charge is -2.32. The SMILES string of the molecule is CCCNC(=O)C1CCCN(c2nc3c(-c4ccccc4C)csc3c(=O)[nH]2)C1. The molecular weight excluding hydrogens is 384 g/mol. The van der Waals surface area contributed by atoms with E-state index in [1.54, 1.807) is 0 Å². The molecule has 0 aliphatic carbocycles. The average molecular weight is 411 g/mol. The first-order chi connectivity index (χ1) is 14.1. The summed E-state index contributed by atoms with van der Waals surface area (Å²) in [4.78, 5) is 35.0. The molecular formula is C22H26N4O2S. The summed E-state index contributed by atoms with van der Waals surface area (Å²) in [7, 11) is 0. The third-order valence-electron chi connectivity index (χ3n) is 5.49. The zero-order valence-corrected chi connectivity index (χ0v) is 17.6. The van der Waals surface area contributed by atoms with E-state index in [0.29, 0.717) is 23.7 Å². The fourth-order valence-electron chi connectivity index (χ4n) is 3.91. The van der Waals surface area contributed by atoms with Crippen LogP contribution in [-0.2, 0) is 4.79 Å². The Morgan fingerprint density at radius 1 is 1.34 bits per heavy atom. The van der Waals surface area contributed by atoms with Gasteiger partial charge in [0.1, 0.15) is 4.70 Å². The Balaban J connectivity index is 1.68. The largest absolute Gasteiger partial charge is 0.356 e. The number of piperidine rings is 1. The van der Waals surface area contributed by atoms with Crippen molar-refractivity contribution in [2.75, 3.05) is 24.5 Å². The number of anilines is 1. The van der Waals surface area contributed by atoms with Crippen LogP contribution < -0.4 is 15.8 Å². The summed E-state index contributed by atoms with van der Waals surface area (Å²) in [5.41, 5.74) is 3.86. The average Bonchev–Trinajstić information content (AvgIpc) is 3.17. The summed E-state index contributed by atoms with van der Waals surface area (Å²) in [6.45, 7) is 6.18. The van der Waals surface area contributed by atoms with Gasteiger partial charge in [-0.1, -0.05) is 31.2 Å². The van der Waals surface area contributed by atoms with Crippen LogP contribution in [0.3, 0.4) is 0 Å². The van der Waals surface area contributed by atoms with Crippen LogP contribution in [0.15, 0.2) is 34.4 Å². The summed E-state index contributed by atoms with van der Waals surface area (Å²) in [6, 6.07) is 8.14. The zero-order valence-electron chi connectivity index (χ0n) is 16.8. The number of hydrogen-bond donors (Lipinski definition) is 2. The Bertz CT molecular complexity index is 1090. The molecule has 1 amide bonds. The van der Waals surface area contributed by atoms with E-state index in [-0.39, 0.29) is 17.4 Å². The van der Waals surface area contributed by atoms with Crippen molar-refractivity contribution < 1.29 is 4.79 Å². The second kappa shape index (κ2) is 8.37. The number of aryl methyl sites for hydroxylation is 1. The van der Waals surface area contributed by atoms with Crippen molar-refractivity contribution in [2.45, 2.75) is 33.1 Å². The maximum Gasteiger partial charge on any atom is 0.270 e. The van der Waals surface area contributed by atoms with Crippen LogP contribution in [0.1, 0.15) is 31.7 Å². The zero-order chi connectivity index (χ0) is 20.4. The van der Waals surface area contributed by atoms with Gasteiger partial charge in [-0.05, 0) is 37.3 Å². The second-order valence-electron chi connectivity index (χ2n) is 7.61. The molecule has 1 aliphatic heterocycles. The lowest BCUT2D eigenvalue weighted by atomic mass is 9.97. The molecule has 1 aromatic carbocycles. The van der Waals surface area contributed by atoms with Crippen LogP contribution in [0, 0.1) is 12.8 Å². The highest BCUT2D eigenvalue weighted by Gasteiger charge is 2.27. The van der Waals surface area contributed by atoms with Crippen LogP contribution in [0.5, 0.6) is 0 Å². The Morgan fingerprint density at radius 3 is 2.97 bits per heavy atom. The molecule has 0 saturated carbocycles. The lowest BCUT2D eigenvalue weighted by Crippen LogP contribution is -2.44. The van der Waals surface area contributed by atoms with E-state index < -0.39 is 0 Å². The molecule has 29 heavy (non-hydrogen) atoms. The number of fused-ring (bicyclic) bond motifs is 1. The lowest BCUT2D eigenvalue weighted by molar-refractivity contribution is -0.125. The highest BCUT2D eigenvalue weighted by Crippen LogP contribution is 2.33. The molecule has 0 spiro atoms. The quantitative estimate of drug-likeness (QED) is 0.672. The van der Waals surface area contributed by atoms with E-state index in [1.807, 2.05) is 29.3 Å². The van der Waals surface area contributed by atoms with E-state index in [4.69, 9.17) is 4.98 Å². The van der Waals surface area contributed by atoms with E-state index in [0.717, 1.165) is 48.0 Å². The van der Waals surface area contributed by atoms with Gasteiger partial charge >= 0.3 is 0 Å². The van der Waals surface area contributed by atoms with Gasteiger partial charge in [-0.25, -0.2) is 4.98 Å². The minimum Gasteiger partial charge on any atom is -0.356 e. The summed E-state index contributed by atoms with van der Waals surface area (Å²) in [6.07, 6.45) is 2.69. The number of carbonyl (C=O) groups excluding carboxylic acids is 1. The number of thiophene rings is 1. The van der Waals surface area contributed by atoms with Gasteiger partial charge in [-0.15, -0.1) is 11.3 Å². The molecule has 1 atom stereocenters. The smallest absolute Gasteiger partial charge is 0.270 e. The molecule has 1 unspecified atom stereocenters. The van der Waals surface area contributed by atoms with Gasteiger partial charge in [-0.3, -0.25) is 14.6 Å². The third kappa shape index (κ3) is 3.92. The molecule has 1 fully saturated rings. The molecule has 3 heterocycles. The topological polar surface area (TPSA) is 78.1 Å². The van der Waals surface area contributed by atoms with Gasteiger partial charge in [0.2, 0.25) is 11.9 Å². The summed E-state index contributed by atoms with van der Waals surface area (Å²) < 4.78 is 0.640. The Morgan fingerprint density at radius 2 is 2.17 bits per heavy atom. The molecule has 0 radical (unpaired) electrons. The standard InChI is InChI=1S/C22H26N4O2S/c1-3-10-23-20(27)15-8-6-11-26(12-15)22-24-18-17(13-29-19(18)21(28)25-22)16-9-5-4-7-14(16)2/h4-5,7,9,13,15H,3,6,8,10-12H2,1-2H3,(H,23,27)(H,24,25,28). The van der Waals surface area contributed by atoms with Crippen LogP contribution in [0.25, 0.3) is 21.3 Å². The van der Waals surface area contributed by atoms with Crippen molar-refractivity contribution in [1.29, 1.82) is 0 Å². The second-order valence-corrected chi connectivity index (χ2v) is 8.49. The van der Waals surface area contributed by atoms with Crippen LogP contribution in [-0.4, -0.2) is 35.5 Å². The number of amides is 1. The molecule has 1 aliphatic rings. The maximum atomic E-state index is 12.7. The molecule has 3 aromatic rings. The van der Waals surface area contributed by atoms with Crippen molar-refractivity contribution >= 4 is 33.4 Å². The van der Waals surface area contributed by atoms with Gasteiger partial charge in [0.15, 0.2) is 0 Å². The predicted octanol–water partition coefficient (Wildman–Crippen LogP) is 3.70. The normalized spacial score (nSPS) is 16.9. The molecule has 2 aromatic heterocycles. The predicted molar refractivity (Wildman–Crippen MR) is 119 cm³/mol. The number of rotatable bonds is 5. The first kappa shape index (κ1) is 19.6.